The molecule has 0 spiro atoms. The molecule has 0 unspecified atom stereocenters. The molecule has 5 heterocycles. The number of hydrogen-bond donors (Lipinski definition) is 1. The number of Topliss-reactive ketones (excluding diaryl/α,β-unsaturated/α-hetero) is 1. The summed E-state index contributed by atoms with van der Waals surface area (Å²) in [6.07, 6.45) is 7.87. The van der Waals surface area contributed by atoms with Gasteiger partial charge in [0.15, 0.2) is 16.7 Å². The van der Waals surface area contributed by atoms with E-state index in [0.29, 0.717) is 60.1 Å². The number of likely N-dealkylation sites (tertiary alicyclic amines) is 2. The lowest BCUT2D eigenvalue weighted by Gasteiger charge is -2.36. The number of amides is 1. The third-order valence-corrected chi connectivity index (χ3v) is 8.01. The highest BCUT2D eigenvalue weighted by atomic mass is 32.1. The number of nitrogens with zero attached hydrogens (tertiary/aromatic N) is 3. The van der Waals surface area contributed by atoms with Crippen molar-refractivity contribution in [3.8, 4) is 11.5 Å². The number of piperidine rings is 1. The van der Waals surface area contributed by atoms with Crippen LogP contribution < -0.4 is 5.32 Å². The molecule has 1 amide bonds. The number of anilines is 1. The lowest BCUT2D eigenvalue weighted by atomic mass is 9.94. The number of rotatable bonds is 7. The Morgan fingerprint density at radius 2 is 1.85 bits per heavy atom. The summed E-state index contributed by atoms with van der Waals surface area (Å²) < 4.78 is 10.9. The van der Waals surface area contributed by atoms with Crippen molar-refractivity contribution >= 4 is 28.2 Å². The van der Waals surface area contributed by atoms with Gasteiger partial charge in [-0.1, -0.05) is 11.3 Å². The summed E-state index contributed by atoms with van der Waals surface area (Å²) in [6, 6.07) is 4.24. The van der Waals surface area contributed by atoms with Gasteiger partial charge in [-0.05, 0) is 63.7 Å². The first-order chi connectivity index (χ1) is 16.2. The minimum atomic E-state index is -0.0839. The van der Waals surface area contributed by atoms with Crippen molar-refractivity contribution in [3.63, 3.8) is 0 Å². The van der Waals surface area contributed by atoms with Crippen LogP contribution in [0.2, 0.25) is 0 Å². The van der Waals surface area contributed by atoms with Gasteiger partial charge in [-0.15, -0.1) is 0 Å². The molecule has 0 saturated carbocycles. The van der Waals surface area contributed by atoms with E-state index in [0.717, 1.165) is 25.9 Å². The Labute approximate surface area is 198 Å². The summed E-state index contributed by atoms with van der Waals surface area (Å²) in [7, 11) is 0. The average Bonchev–Trinajstić information content (AvgIpc) is 3.61. The van der Waals surface area contributed by atoms with Crippen molar-refractivity contribution in [1.29, 1.82) is 0 Å². The minimum Gasteiger partial charge on any atom is -0.463 e. The van der Waals surface area contributed by atoms with Crippen LogP contribution in [0.25, 0.3) is 11.5 Å². The van der Waals surface area contributed by atoms with Crippen LogP contribution in [0.15, 0.2) is 22.8 Å². The lowest BCUT2D eigenvalue weighted by Crippen LogP contribution is -2.45. The number of hydrogen-bond acceptors (Lipinski definition) is 8. The van der Waals surface area contributed by atoms with E-state index in [1.165, 1.54) is 37.3 Å². The number of ketones is 1. The molecule has 2 aromatic heterocycles. The van der Waals surface area contributed by atoms with Gasteiger partial charge in [0.05, 0.1) is 12.8 Å². The number of nitrogens with one attached hydrogen (secondary N) is 1. The molecule has 0 aliphatic carbocycles. The summed E-state index contributed by atoms with van der Waals surface area (Å²) in [6.45, 7) is 5.89. The molecule has 0 aromatic carbocycles. The van der Waals surface area contributed by atoms with Gasteiger partial charge in [0.1, 0.15) is 10.6 Å². The van der Waals surface area contributed by atoms with E-state index in [2.05, 4.69) is 20.1 Å². The highest BCUT2D eigenvalue weighted by Crippen LogP contribution is 2.35. The predicted octanol–water partition coefficient (Wildman–Crippen LogP) is 3.51. The van der Waals surface area contributed by atoms with Crippen molar-refractivity contribution in [2.45, 2.75) is 44.6 Å². The third kappa shape index (κ3) is 5.37. The second-order valence-electron chi connectivity index (χ2n) is 9.22. The topological polar surface area (TPSA) is 87.9 Å². The van der Waals surface area contributed by atoms with E-state index in [-0.39, 0.29) is 17.6 Å². The first kappa shape index (κ1) is 22.7. The standard InChI is InChI=1S/C24H32N4O4S/c29-20(16-27-11-5-18(6-12-27)28-9-1-2-10-28)25-24-26-21(19-4-3-13-32-19)23(33-24)22(30)17-7-14-31-15-8-17/h3-4,13,17-18H,1-2,5-12,14-16H2,(H,25,26,29). The van der Waals surface area contributed by atoms with E-state index < -0.39 is 0 Å². The normalized spacial score (nSPS) is 21.5. The summed E-state index contributed by atoms with van der Waals surface area (Å²) in [5, 5.41) is 3.39. The van der Waals surface area contributed by atoms with E-state index in [1.807, 2.05) is 0 Å². The lowest BCUT2D eigenvalue weighted by molar-refractivity contribution is -0.117. The molecule has 0 bridgehead atoms. The number of aromatic nitrogens is 1. The highest BCUT2D eigenvalue weighted by Gasteiger charge is 2.30. The predicted molar refractivity (Wildman–Crippen MR) is 127 cm³/mol. The Morgan fingerprint density at radius 1 is 1.09 bits per heavy atom. The first-order valence-electron chi connectivity index (χ1n) is 12.1. The molecule has 1 N–H and O–H groups in total. The van der Waals surface area contributed by atoms with Crippen LogP contribution in [-0.4, -0.2) is 78.5 Å². The van der Waals surface area contributed by atoms with Gasteiger partial charge < -0.3 is 19.4 Å². The molecule has 3 aliphatic heterocycles. The van der Waals surface area contributed by atoms with E-state index in [9.17, 15) is 9.59 Å². The van der Waals surface area contributed by atoms with Gasteiger partial charge >= 0.3 is 0 Å². The van der Waals surface area contributed by atoms with Crippen molar-refractivity contribution in [2.24, 2.45) is 5.92 Å². The minimum absolute atomic E-state index is 0.0617. The molecule has 8 nitrogen and oxygen atoms in total. The molecule has 0 atom stereocenters. The zero-order chi connectivity index (χ0) is 22.6. The van der Waals surface area contributed by atoms with Gasteiger partial charge in [-0.3, -0.25) is 14.5 Å². The van der Waals surface area contributed by atoms with Crippen LogP contribution in [0.3, 0.4) is 0 Å². The van der Waals surface area contributed by atoms with Gasteiger partial charge in [0.2, 0.25) is 5.91 Å². The van der Waals surface area contributed by atoms with Crippen LogP contribution in [0.4, 0.5) is 5.13 Å². The molecule has 5 rings (SSSR count). The van der Waals surface area contributed by atoms with Crippen molar-refractivity contribution in [1.82, 2.24) is 14.8 Å². The summed E-state index contributed by atoms with van der Waals surface area (Å²) in [5.74, 6) is 0.450. The Hall–Kier alpha value is -2.07. The zero-order valence-electron chi connectivity index (χ0n) is 19.0. The summed E-state index contributed by atoms with van der Waals surface area (Å²) in [4.78, 5) is 36.0. The Balaban J connectivity index is 1.22. The van der Waals surface area contributed by atoms with E-state index in [1.54, 1.807) is 18.4 Å². The fourth-order valence-electron chi connectivity index (χ4n) is 5.18. The van der Waals surface area contributed by atoms with Crippen molar-refractivity contribution in [3.05, 3.63) is 23.3 Å². The Kier molecular flexibility index (Phi) is 7.20. The Morgan fingerprint density at radius 3 is 2.55 bits per heavy atom. The second-order valence-corrected chi connectivity index (χ2v) is 10.2. The molecular formula is C24H32N4O4S. The van der Waals surface area contributed by atoms with Crippen LogP contribution >= 0.6 is 11.3 Å². The maximum atomic E-state index is 13.2. The fraction of sp³-hybridized carbons (Fsp3) is 0.625. The number of ether oxygens (including phenoxy) is 1. The Bertz CT molecular complexity index is 940. The van der Waals surface area contributed by atoms with Crippen LogP contribution in [-0.2, 0) is 9.53 Å². The van der Waals surface area contributed by atoms with Crippen molar-refractivity contribution in [2.75, 3.05) is 51.3 Å². The molecule has 178 valence electrons. The molecule has 3 fully saturated rings. The van der Waals surface area contributed by atoms with E-state index in [4.69, 9.17) is 9.15 Å². The van der Waals surface area contributed by atoms with Gasteiger partial charge in [-0.25, -0.2) is 4.98 Å². The average molecular weight is 473 g/mol. The number of carbonyl (C=O) groups is 2. The fourth-order valence-corrected chi connectivity index (χ4v) is 6.18. The zero-order valence-corrected chi connectivity index (χ0v) is 19.8. The van der Waals surface area contributed by atoms with E-state index >= 15 is 0 Å². The third-order valence-electron chi connectivity index (χ3n) is 7.03. The quantitative estimate of drug-likeness (QED) is 0.617. The molecule has 3 aliphatic rings. The van der Waals surface area contributed by atoms with Crippen molar-refractivity contribution < 1.29 is 18.7 Å². The number of carbonyl (C=O) groups excluding carboxylic acids is 2. The molecule has 33 heavy (non-hydrogen) atoms. The SMILES string of the molecule is O=C(CN1CCC(N2CCCC2)CC1)Nc1nc(-c2ccco2)c(C(=O)C2CCOCC2)s1. The molecule has 3 saturated heterocycles. The molecule has 2 aromatic rings. The smallest absolute Gasteiger partial charge is 0.240 e. The van der Waals surface area contributed by atoms with Crippen LogP contribution in [0.5, 0.6) is 0 Å². The monoisotopic (exact) mass is 472 g/mol. The van der Waals surface area contributed by atoms with Crippen LogP contribution in [0.1, 0.15) is 48.2 Å². The second kappa shape index (κ2) is 10.5. The summed E-state index contributed by atoms with van der Waals surface area (Å²) in [5.41, 5.74) is 0.517. The van der Waals surface area contributed by atoms with Gasteiger partial charge in [-0.2, -0.15) is 0 Å². The number of furan rings is 1. The van der Waals surface area contributed by atoms with Gasteiger partial charge in [0.25, 0.3) is 0 Å². The molecular weight excluding hydrogens is 440 g/mol. The maximum Gasteiger partial charge on any atom is 0.240 e. The summed E-state index contributed by atoms with van der Waals surface area (Å²) >= 11 is 1.25. The highest BCUT2D eigenvalue weighted by molar-refractivity contribution is 7.18. The molecule has 9 heteroatoms. The largest absolute Gasteiger partial charge is 0.463 e. The molecule has 0 radical (unpaired) electrons. The van der Waals surface area contributed by atoms with Gasteiger partial charge in [0, 0.05) is 38.3 Å². The maximum absolute atomic E-state index is 13.2. The first-order valence-corrected chi connectivity index (χ1v) is 12.9. The number of thiazole rings is 1. The van der Waals surface area contributed by atoms with Crippen LogP contribution in [0, 0.1) is 5.92 Å².